The molecule has 31 heavy (non-hydrogen) atoms. The fourth-order valence-corrected chi connectivity index (χ4v) is 3.19. The number of carbonyl (C=O) groups is 3. The summed E-state index contributed by atoms with van der Waals surface area (Å²) < 4.78 is 27.0. The minimum Gasteiger partial charge on any atom is -0.467 e. The van der Waals surface area contributed by atoms with Gasteiger partial charge in [0.25, 0.3) is 5.69 Å². The van der Waals surface area contributed by atoms with E-state index in [4.69, 9.17) is 23.7 Å². The number of hydrogen-bond donors (Lipinski definition) is 1. The standard InChI is InChI=1S/C19H24N2O10/c1-9-15(28-10(2)22)17(29-11(3)23)19(31-16(9)18(24)27-5)30-14-7-6-12(21(25)26)8-13(14)20-4/h6-9,15-17,19-20H,1-5H3/t9-,15-,16-,17+,19+/m0/s1. The van der Waals surface area contributed by atoms with Gasteiger partial charge in [-0.25, -0.2) is 4.79 Å². The van der Waals surface area contributed by atoms with E-state index in [0.717, 1.165) is 6.92 Å². The van der Waals surface area contributed by atoms with Gasteiger partial charge in [0.15, 0.2) is 12.2 Å². The first kappa shape index (κ1) is 23.9. The number of nitro groups is 1. The summed E-state index contributed by atoms with van der Waals surface area (Å²) in [6.07, 6.45) is -4.89. The second kappa shape index (κ2) is 10.1. The Morgan fingerprint density at radius 2 is 1.74 bits per heavy atom. The lowest BCUT2D eigenvalue weighted by Crippen LogP contribution is -2.60. The molecule has 0 bridgehead atoms. The third kappa shape index (κ3) is 5.60. The van der Waals surface area contributed by atoms with Gasteiger partial charge in [0.2, 0.25) is 12.4 Å². The van der Waals surface area contributed by atoms with Crippen molar-refractivity contribution in [1.82, 2.24) is 0 Å². The van der Waals surface area contributed by atoms with E-state index in [0.29, 0.717) is 0 Å². The van der Waals surface area contributed by atoms with Crippen LogP contribution in [0.3, 0.4) is 0 Å². The van der Waals surface area contributed by atoms with Crippen molar-refractivity contribution in [3.8, 4) is 5.75 Å². The van der Waals surface area contributed by atoms with Crippen LogP contribution < -0.4 is 10.1 Å². The molecule has 1 heterocycles. The molecule has 0 aromatic heterocycles. The van der Waals surface area contributed by atoms with Crippen molar-refractivity contribution in [1.29, 1.82) is 0 Å². The molecule has 0 aliphatic carbocycles. The Morgan fingerprint density at radius 3 is 2.26 bits per heavy atom. The van der Waals surface area contributed by atoms with Gasteiger partial charge < -0.3 is 29.0 Å². The predicted octanol–water partition coefficient (Wildman–Crippen LogP) is 1.41. The third-order valence-corrected chi connectivity index (χ3v) is 4.59. The Kier molecular flexibility index (Phi) is 7.75. The van der Waals surface area contributed by atoms with Gasteiger partial charge in [-0.3, -0.25) is 19.7 Å². The minimum absolute atomic E-state index is 0.120. The topological polar surface area (TPSA) is 153 Å². The highest BCUT2D eigenvalue weighted by Crippen LogP contribution is 2.35. The summed E-state index contributed by atoms with van der Waals surface area (Å²) in [5, 5.41) is 13.8. The van der Waals surface area contributed by atoms with Crippen molar-refractivity contribution < 1.29 is 43.0 Å². The van der Waals surface area contributed by atoms with Gasteiger partial charge >= 0.3 is 17.9 Å². The zero-order chi connectivity index (χ0) is 23.3. The maximum absolute atomic E-state index is 12.2. The molecule has 0 spiro atoms. The van der Waals surface area contributed by atoms with Crippen LogP contribution in [-0.4, -0.2) is 61.6 Å². The Bertz CT molecular complexity index is 858. The van der Waals surface area contributed by atoms with Crippen molar-refractivity contribution >= 4 is 29.3 Å². The number of carbonyl (C=O) groups excluding carboxylic acids is 3. The molecular formula is C19H24N2O10. The number of hydrogen-bond acceptors (Lipinski definition) is 11. The summed E-state index contributed by atoms with van der Waals surface area (Å²) in [5.41, 5.74) is 0.0632. The van der Waals surface area contributed by atoms with Crippen molar-refractivity contribution in [3.05, 3.63) is 28.3 Å². The summed E-state index contributed by atoms with van der Waals surface area (Å²) in [6, 6.07) is 3.77. The van der Waals surface area contributed by atoms with Gasteiger partial charge in [0.05, 0.1) is 17.7 Å². The molecule has 0 unspecified atom stereocenters. The van der Waals surface area contributed by atoms with Crippen LogP contribution in [0.2, 0.25) is 0 Å². The molecule has 1 saturated heterocycles. The minimum atomic E-state index is -1.39. The highest BCUT2D eigenvalue weighted by Gasteiger charge is 2.52. The average molecular weight is 440 g/mol. The Hall–Kier alpha value is -3.41. The number of nitro benzene ring substituents is 1. The first-order chi connectivity index (χ1) is 14.6. The average Bonchev–Trinajstić information content (AvgIpc) is 2.71. The van der Waals surface area contributed by atoms with E-state index in [9.17, 15) is 24.5 Å². The van der Waals surface area contributed by atoms with Crippen LogP contribution in [0.4, 0.5) is 11.4 Å². The Labute approximate surface area is 177 Å². The smallest absolute Gasteiger partial charge is 0.335 e. The number of nitrogens with one attached hydrogen (secondary N) is 1. The molecule has 0 saturated carbocycles. The van der Waals surface area contributed by atoms with Crippen LogP contribution in [0.1, 0.15) is 20.8 Å². The second-order valence-electron chi connectivity index (χ2n) is 6.76. The van der Waals surface area contributed by atoms with E-state index >= 15 is 0 Å². The van der Waals surface area contributed by atoms with Gasteiger partial charge in [-0.2, -0.15) is 0 Å². The molecule has 170 valence electrons. The summed E-state index contributed by atoms with van der Waals surface area (Å²) in [4.78, 5) is 46.1. The van der Waals surface area contributed by atoms with Gasteiger partial charge in [-0.15, -0.1) is 0 Å². The van der Waals surface area contributed by atoms with Gasteiger partial charge in [0, 0.05) is 38.9 Å². The predicted molar refractivity (Wildman–Crippen MR) is 104 cm³/mol. The number of esters is 3. The molecule has 1 N–H and O–H groups in total. The highest BCUT2D eigenvalue weighted by molar-refractivity contribution is 5.75. The number of benzene rings is 1. The maximum Gasteiger partial charge on any atom is 0.335 e. The molecule has 1 aromatic rings. The normalized spacial score (nSPS) is 25.1. The van der Waals surface area contributed by atoms with Crippen LogP contribution >= 0.6 is 0 Å². The third-order valence-electron chi connectivity index (χ3n) is 4.59. The molecule has 1 aromatic carbocycles. The molecule has 12 nitrogen and oxygen atoms in total. The molecule has 0 radical (unpaired) electrons. The Morgan fingerprint density at radius 1 is 1.13 bits per heavy atom. The van der Waals surface area contributed by atoms with Crippen LogP contribution in [0.5, 0.6) is 5.75 Å². The first-order valence-corrected chi connectivity index (χ1v) is 9.29. The molecule has 2 rings (SSSR count). The molecule has 1 aliphatic rings. The fraction of sp³-hybridized carbons (Fsp3) is 0.526. The number of ether oxygens (including phenoxy) is 5. The zero-order valence-corrected chi connectivity index (χ0v) is 17.6. The number of non-ortho nitro benzene ring substituents is 1. The van der Waals surface area contributed by atoms with Gasteiger partial charge in [0.1, 0.15) is 5.75 Å². The lowest BCUT2D eigenvalue weighted by atomic mass is 9.90. The van der Waals surface area contributed by atoms with Crippen molar-refractivity contribution in [2.45, 2.75) is 45.4 Å². The molecule has 1 aliphatic heterocycles. The van der Waals surface area contributed by atoms with E-state index in [-0.39, 0.29) is 17.1 Å². The second-order valence-corrected chi connectivity index (χ2v) is 6.76. The van der Waals surface area contributed by atoms with E-state index < -0.39 is 53.4 Å². The maximum atomic E-state index is 12.2. The van der Waals surface area contributed by atoms with Crippen LogP contribution in [0.25, 0.3) is 0 Å². The van der Waals surface area contributed by atoms with Crippen LogP contribution in [0, 0.1) is 16.0 Å². The summed E-state index contributed by atoms with van der Waals surface area (Å²) >= 11 is 0. The first-order valence-electron chi connectivity index (χ1n) is 9.29. The number of methoxy groups -OCH3 is 1. The van der Waals surface area contributed by atoms with Gasteiger partial charge in [-0.1, -0.05) is 6.92 Å². The lowest BCUT2D eigenvalue weighted by molar-refractivity contribution is -0.384. The summed E-state index contributed by atoms with van der Waals surface area (Å²) in [5.74, 6) is -2.71. The van der Waals surface area contributed by atoms with Crippen molar-refractivity contribution in [2.75, 3.05) is 19.5 Å². The van der Waals surface area contributed by atoms with Crippen molar-refractivity contribution in [2.24, 2.45) is 5.92 Å². The number of nitrogens with zero attached hydrogens (tertiary/aromatic N) is 1. The number of rotatable bonds is 7. The zero-order valence-electron chi connectivity index (χ0n) is 17.6. The molecule has 0 amide bonds. The largest absolute Gasteiger partial charge is 0.467 e. The molecule has 1 fully saturated rings. The van der Waals surface area contributed by atoms with E-state index in [1.54, 1.807) is 6.92 Å². The summed E-state index contributed by atoms with van der Waals surface area (Å²) in [6.45, 7) is 3.90. The quantitative estimate of drug-likeness (QED) is 0.283. The molecule has 5 atom stereocenters. The highest BCUT2D eigenvalue weighted by atomic mass is 16.7. The van der Waals surface area contributed by atoms with Crippen molar-refractivity contribution in [3.63, 3.8) is 0 Å². The molecule has 12 heteroatoms. The fourth-order valence-electron chi connectivity index (χ4n) is 3.19. The monoisotopic (exact) mass is 440 g/mol. The van der Waals surface area contributed by atoms with Crippen LogP contribution in [-0.2, 0) is 33.3 Å². The van der Waals surface area contributed by atoms with Crippen LogP contribution in [0.15, 0.2) is 18.2 Å². The lowest BCUT2D eigenvalue weighted by Gasteiger charge is -2.42. The summed E-state index contributed by atoms with van der Waals surface area (Å²) in [7, 11) is 2.70. The van der Waals surface area contributed by atoms with E-state index in [2.05, 4.69) is 5.32 Å². The SMILES string of the molecule is CNc1cc([N+](=O)[O-])ccc1O[C@@H]1O[C@H](C(=O)OC)[C@@H](C)[C@H](OC(C)=O)[C@H]1OC(C)=O. The van der Waals surface area contributed by atoms with E-state index in [1.807, 2.05) is 0 Å². The van der Waals surface area contributed by atoms with Gasteiger partial charge in [-0.05, 0) is 6.07 Å². The van der Waals surface area contributed by atoms with E-state index in [1.165, 1.54) is 39.3 Å². The Balaban J connectivity index is 2.46. The molecular weight excluding hydrogens is 416 g/mol. The number of anilines is 1.